The van der Waals surface area contributed by atoms with Gasteiger partial charge in [0.2, 0.25) is 0 Å². The highest BCUT2D eigenvalue weighted by Gasteiger charge is 2.31. The molecule has 15 heavy (non-hydrogen) atoms. The lowest BCUT2D eigenvalue weighted by Gasteiger charge is -2.39. The van der Waals surface area contributed by atoms with Crippen molar-refractivity contribution in [3.63, 3.8) is 0 Å². The minimum atomic E-state index is 0.0721. The Hall–Kier alpha value is -0.120. The molecule has 1 N–H and O–H groups in total. The first-order chi connectivity index (χ1) is 7.09. The molecule has 1 saturated heterocycles. The van der Waals surface area contributed by atoms with Crippen LogP contribution in [-0.2, 0) is 9.47 Å². The number of nitrogens with one attached hydrogen (secondary N) is 1. The van der Waals surface area contributed by atoms with Gasteiger partial charge in [-0.15, -0.1) is 0 Å². The average molecular weight is 215 g/mol. The molecule has 1 aliphatic rings. The molecule has 3 nitrogen and oxygen atoms in total. The Labute approximate surface area is 93.5 Å². The third kappa shape index (κ3) is 4.09. The Morgan fingerprint density at radius 1 is 1.60 bits per heavy atom. The van der Waals surface area contributed by atoms with E-state index in [1.165, 1.54) is 0 Å². The topological polar surface area (TPSA) is 30.5 Å². The smallest absolute Gasteiger partial charge is 0.0666 e. The van der Waals surface area contributed by atoms with Gasteiger partial charge < -0.3 is 14.8 Å². The monoisotopic (exact) mass is 215 g/mol. The lowest BCUT2D eigenvalue weighted by molar-refractivity contribution is -0.0796. The SMILES string of the molecule is CCC1(C)CC(NC(C)COC)CCO1. The first kappa shape index (κ1) is 12.9. The quantitative estimate of drug-likeness (QED) is 0.760. The van der Waals surface area contributed by atoms with Crippen molar-refractivity contribution in [2.45, 2.75) is 57.7 Å². The van der Waals surface area contributed by atoms with Crippen molar-refractivity contribution in [3.05, 3.63) is 0 Å². The van der Waals surface area contributed by atoms with E-state index in [2.05, 4.69) is 26.1 Å². The highest BCUT2D eigenvalue weighted by Crippen LogP contribution is 2.27. The van der Waals surface area contributed by atoms with E-state index in [1.54, 1.807) is 7.11 Å². The number of ether oxygens (including phenoxy) is 2. The lowest BCUT2D eigenvalue weighted by atomic mass is 9.89. The van der Waals surface area contributed by atoms with E-state index in [4.69, 9.17) is 9.47 Å². The van der Waals surface area contributed by atoms with Gasteiger partial charge in [0.05, 0.1) is 12.2 Å². The molecule has 1 rings (SSSR count). The van der Waals surface area contributed by atoms with Gasteiger partial charge in [-0.1, -0.05) is 6.92 Å². The van der Waals surface area contributed by atoms with E-state index in [1.807, 2.05) is 0 Å². The van der Waals surface area contributed by atoms with E-state index in [0.717, 1.165) is 32.5 Å². The molecule has 1 fully saturated rings. The predicted octanol–water partition coefficient (Wildman–Crippen LogP) is 1.96. The van der Waals surface area contributed by atoms with Crippen LogP contribution in [0.5, 0.6) is 0 Å². The van der Waals surface area contributed by atoms with E-state index in [0.29, 0.717) is 12.1 Å². The Balaban J connectivity index is 2.36. The van der Waals surface area contributed by atoms with Crippen LogP contribution >= 0.6 is 0 Å². The summed E-state index contributed by atoms with van der Waals surface area (Å²) in [6.45, 7) is 8.23. The molecular weight excluding hydrogens is 190 g/mol. The molecule has 0 saturated carbocycles. The van der Waals surface area contributed by atoms with Crippen molar-refractivity contribution in [3.8, 4) is 0 Å². The molecule has 1 heterocycles. The largest absolute Gasteiger partial charge is 0.383 e. The number of hydrogen-bond acceptors (Lipinski definition) is 3. The van der Waals surface area contributed by atoms with Crippen molar-refractivity contribution < 1.29 is 9.47 Å². The van der Waals surface area contributed by atoms with Gasteiger partial charge in [0.25, 0.3) is 0 Å². The minimum absolute atomic E-state index is 0.0721. The van der Waals surface area contributed by atoms with Gasteiger partial charge in [0.15, 0.2) is 0 Å². The fraction of sp³-hybridized carbons (Fsp3) is 1.00. The molecule has 1 aliphatic heterocycles. The summed E-state index contributed by atoms with van der Waals surface area (Å²) < 4.78 is 10.9. The van der Waals surface area contributed by atoms with Crippen LogP contribution in [-0.4, -0.2) is 38.0 Å². The maximum Gasteiger partial charge on any atom is 0.0666 e. The van der Waals surface area contributed by atoms with Crippen molar-refractivity contribution in [2.24, 2.45) is 0 Å². The Morgan fingerprint density at radius 3 is 2.93 bits per heavy atom. The highest BCUT2D eigenvalue weighted by molar-refractivity contribution is 4.86. The first-order valence-corrected chi connectivity index (χ1v) is 5.98. The van der Waals surface area contributed by atoms with Crippen molar-refractivity contribution in [1.82, 2.24) is 5.32 Å². The standard InChI is InChI=1S/C12H25NO2/c1-5-12(3)8-11(6-7-15-12)13-10(2)9-14-4/h10-11,13H,5-9H2,1-4H3. The summed E-state index contributed by atoms with van der Waals surface area (Å²) in [5.41, 5.74) is 0.0721. The van der Waals surface area contributed by atoms with Crippen molar-refractivity contribution in [1.29, 1.82) is 0 Å². The predicted molar refractivity (Wildman–Crippen MR) is 62.1 cm³/mol. The molecular formula is C12H25NO2. The summed E-state index contributed by atoms with van der Waals surface area (Å²) >= 11 is 0. The number of rotatable bonds is 5. The summed E-state index contributed by atoms with van der Waals surface area (Å²) in [7, 11) is 1.75. The zero-order chi connectivity index (χ0) is 11.3. The molecule has 0 radical (unpaired) electrons. The summed E-state index contributed by atoms with van der Waals surface area (Å²) in [4.78, 5) is 0. The van der Waals surface area contributed by atoms with Gasteiger partial charge in [-0.05, 0) is 33.1 Å². The van der Waals surface area contributed by atoms with E-state index >= 15 is 0 Å². The van der Waals surface area contributed by atoms with Crippen LogP contribution < -0.4 is 5.32 Å². The second kappa shape index (κ2) is 5.83. The number of methoxy groups -OCH3 is 1. The highest BCUT2D eigenvalue weighted by atomic mass is 16.5. The maximum atomic E-state index is 5.82. The van der Waals surface area contributed by atoms with Gasteiger partial charge in [-0.3, -0.25) is 0 Å². The average Bonchev–Trinajstić information content (AvgIpc) is 2.18. The van der Waals surface area contributed by atoms with Gasteiger partial charge in [0.1, 0.15) is 0 Å². The summed E-state index contributed by atoms with van der Waals surface area (Å²) in [6.07, 6.45) is 3.31. The van der Waals surface area contributed by atoms with Crippen LogP contribution in [0, 0.1) is 0 Å². The van der Waals surface area contributed by atoms with Crippen LogP contribution in [0.2, 0.25) is 0 Å². The molecule has 0 aromatic carbocycles. The molecule has 3 unspecified atom stereocenters. The fourth-order valence-corrected chi connectivity index (χ4v) is 2.22. The second-order valence-electron chi connectivity index (χ2n) is 4.86. The molecule has 0 aliphatic carbocycles. The lowest BCUT2D eigenvalue weighted by Crippen LogP contribution is -2.48. The molecule has 0 amide bonds. The van der Waals surface area contributed by atoms with Gasteiger partial charge in [-0.2, -0.15) is 0 Å². The summed E-state index contributed by atoms with van der Waals surface area (Å²) in [5, 5.41) is 3.60. The van der Waals surface area contributed by atoms with Crippen molar-refractivity contribution in [2.75, 3.05) is 20.3 Å². The normalized spacial score (nSPS) is 34.0. The molecule has 0 bridgehead atoms. The van der Waals surface area contributed by atoms with Crippen LogP contribution in [0.25, 0.3) is 0 Å². The van der Waals surface area contributed by atoms with E-state index in [-0.39, 0.29) is 5.60 Å². The molecule has 0 spiro atoms. The Morgan fingerprint density at radius 2 is 2.33 bits per heavy atom. The molecule has 0 aromatic heterocycles. The zero-order valence-corrected chi connectivity index (χ0v) is 10.5. The first-order valence-electron chi connectivity index (χ1n) is 5.98. The summed E-state index contributed by atoms with van der Waals surface area (Å²) in [6, 6.07) is 1.01. The van der Waals surface area contributed by atoms with Gasteiger partial charge >= 0.3 is 0 Å². The third-order valence-corrected chi connectivity index (χ3v) is 3.28. The molecule has 90 valence electrons. The molecule has 3 heteroatoms. The zero-order valence-electron chi connectivity index (χ0n) is 10.5. The van der Waals surface area contributed by atoms with Crippen LogP contribution in [0.3, 0.4) is 0 Å². The summed E-state index contributed by atoms with van der Waals surface area (Å²) in [5.74, 6) is 0. The molecule has 3 atom stereocenters. The van der Waals surface area contributed by atoms with Crippen LogP contribution in [0.4, 0.5) is 0 Å². The fourth-order valence-electron chi connectivity index (χ4n) is 2.22. The number of hydrogen-bond donors (Lipinski definition) is 1. The van der Waals surface area contributed by atoms with E-state index in [9.17, 15) is 0 Å². The van der Waals surface area contributed by atoms with Crippen LogP contribution in [0.1, 0.15) is 40.0 Å². The molecule has 0 aromatic rings. The Kier molecular flexibility index (Phi) is 5.03. The van der Waals surface area contributed by atoms with E-state index < -0.39 is 0 Å². The van der Waals surface area contributed by atoms with Gasteiger partial charge in [0, 0.05) is 25.8 Å². The third-order valence-electron chi connectivity index (χ3n) is 3.28. The van der Waals surface area contributed by atoms with Crippen LogP contribution in [0.15, 0.2) is 0 Å². The van der Waals surface area contributed by atoms with Crippen molar-refractivity contribution >= 4 is 0 Å². The minimum Gasteiger partial charge on any atom is -0.383 e. The van der Waals surface area contributed by atoms with Gasteiger partial charge in [-0.25, -0.2) is 0 Å². The Bertz CT molecular complexity index is 186. The second-order valence-corrected chi connectivity index (χ2v) is 4.86. The maximum absolute atomic E-state index is 5.82.